The average Bonchev–Trinajstić information content (AvgIpc) is 2.30. The van der Waals surface area contributed by atoms with Crippen LogP contribution in [0.1, 0.15) is 19.4 Å². The number of benzene rings is 1. The zero-order valence-electron chi connectivity index (χ0n) is 9.86. The minimum atomic E-state index is 0.537. The lowest BCUT2D eigenvalue weighted by Crippen LogP contribution is -2.14. The van der Waals surface area contributed by atoms with E-state index in [0.29, 0.717) is 12.3 Å². The van der Waals surface area contributed by atoms with Gasteiger partial charge in [0.05, 0.1) is 0 Å². The van der Waals surface area contributed by atoms with E-state index >= 15 is 0 Å². The smallest absolute Gasteiger partial charge is 0.167 e. The summed E-state index contributed by atoms with van der Waals surface area (Å²) in [5, 5.41) is 1.47. The molecule has 0 aliphatic rings. The van der Waals surface area contributed by atoms with Crippen LogP contribution in [-0.4, -0.2) is 19.2 Å². The van der Waals surface area contributed by atoms with E-state index in [1.807, 2.05) is 38.1 Å². The molecule has 0 amide bonds. The summed E-state index contributed by atoms with van der Waals surface area (Å²) in [5.74, 6) is 0.658. The Kier molecular flexibility index (Phi) is 7.62. The van der Waals surface area contributed by atoms with Crippen LogP contribution in [-0.2, 0) is 11.5 Å². The van der Waals surface area contributed by atoms with Crippen molar-refractivity contribution in [2.24, 2.45) is 5.73 Å². The molecule has 0 aliphatic heterocycles. The van der Waals surface area contributed by atoms with Gasteiger partial charge in [0, 0.05) is 20.6 Å². The molecular formula is C11H20N2O2. The second-order valence-corrected chi connectivity index (χ2v) is 2.82. The standard InChI is InChI=1S/C9H14N2O2.C2H6/c1-11(2)13-12-9-5-3-8(7-10)4-6-9;1-2/h3-6H,7,10H2,1-2H3;1-2H3. The minimum absolute atomic E-state index is 0.537. The van der Waals surface area contributed by atoms with E-state index in [-0.39, 0.29) is 0 Å². The summed E-state index contributed by atoms with van der Waals surface area (Å²) in [6, 6.07) is 7.42. The van der Waals surface area contributed by atoms with Gasteiger partial charge >= 0.3 is 0 Å². The third-order valence-corrected chi connectivity index (χ3v) is 1.44. The van der Waals surface area contributed by atoms with Crippen molar-refractivity contribution in [3.63, 3.8) is 0 Å². The summed E-state index contributed by atoms with van der Waals surface area (Å²) >= 11 is 0. The van der Waals surface area contributed by atoms with E-state index in [1.54, 1.807) is 14.1 Å². The van der Waals surface area contributed by atoms with Crippen molar-refractivity contribution >= 4 is 0 Å². The molecule has 0 bridgehead atoms. The number of hydrogen-bond acceptors (Lipinski definition) is 4. The highest BCUT2D eigenvalue weighted by molar-refractivity contribution is 5.26. The topological polar surface area (TPSA) is 47.7 Å². The second kappa shape index (κ2) is 8.23. The first-order valence-electron chi connectivity index (χ1n) is 5.03. The third-order valence-electron chi connectivity index (χ3n) is 1.44. The van der Waals surface area contributed by atoms with E-state index < -0.39 is 0 Å². The number of nitrogens with zero attached hydrogens (tertiary/aromatic N) is 1. The van der Waals surface area contributed by atoms with Crippen molar-refractivity contribution in [1.29, 1.82) is 0 Å². The maximum atomic E-state index is 5.44. The van der Waals surface area contributed by atoms with Gasteiger partial charge in [0.15, 0.2) is 5.75 Å². The van der Waals surface area contributed by atoms with Crippen LogP contribution < -0.4 is 10.6 Å². The fourth-order valence-corrected chi connectivity index (χ4v) is 0.799. The molecule has 0 saturated heterocycles. The van der Waals surface area contributed by atoms with Crippen molar-refractivity contribution in [2.45, 2.75) is 20.4 Å². The highest BCUT2D eigenvalue weighted by Crippen LogP contribution is 2.11. The molecule has 0 aliphatic carbocycles. The molecule has 4 nitrogen and oxygen atoms in total. The quantitative estimate of drug-likeness (QED) is 0.612. The molecule has 1 rings (SSSR count). The molecule has 0 spiro atoms. The number of rotatable bonds is 4. The highest BCUT2D eigenvalue weighted by Gasteiger charge is 1.95. The molecule has 0 fully saturated rings. The Labute approximate surface area is 91.5 Å². The van der Waals surface area contributed by atoms with Gasteiger partial charge in [-0.1, -0.05) is 31.0 Å². The highest BCUT2D eigenvalue weighted by atomic mass is 17.3. The van der Waals surface area contributed by atoms with Crippen LogP contribution in [0, 0.1) is 0 Å². The molecule has 0 unspecified atom stereocenters. The maximum Gasteiger partial charge on any atom is 0.167 e. The zero-order valence-corrected chi connectivity index (χ0v) is 9.86. The monoisotopic (exact) mass is 212 g/mol. The van der Waals surface area contributed by atoms with E-state index in [0.717, 1.165) is 5.56 Å². The zero-order chi connectivity index (χ0) is 11.7. The normalized spacial score (nSPS) is 9.47. The van der Waals surface area contributed by atoms with E-state index in [9.17, 15) is 0 Å². The summed E-state index contributed by atoms with van der Waals surface area (Å²) in [7, 11) is 3.49. The van der Waals surface area contributed by atoms with Crippen LogP contribution in [0.4, 0.5) is 0 Å². The molecule has 0 radical (unpaired) electrons. The fourth-order valence-electron chi connectivity index (χ4n) is 0.799. The molecule has 0 heterocycles. The summed E-state index contributed by atoms with van der Waals surface area (Å²) in [6.07, 6.45) is 0. The number of hydrogen-bond donors (Lipinski definition) is 1. The van der Waals surface area contributed by atoms with Crippen molar-refractivity contribution < 1.29 is 9.88 Å². The minimum Gasteiger partial charge on any atom is -0.326 e. The Balaban J connectivity index is 0.000000921. The molecule has 4 heteroatoms. The van der Waals surface area contributed by atoms with E-state index in [4.69, 9.17) is 15.6 Å². The van der Waals surface area contributed by atoms with Gasteiger partial charge in [0.2, 0.25) is 0 Å². The van der Waals surface area contributed by atoms with Gasteiger partial charge in [-0.25, -0.2) is 0 Å². The molecule has 86 valence electrons. The molecule has 15 heavy (non-hydrogen) atoms. The predicted molar refractivity (Wildman–Crippen MR) is 61.1 cm³/mol. The largest absolute Gasteiger partial charge is 0.326 e. The van der Waals surface area contributed by atoms with Crippen molar-refractivity contribution in [3.8, 4) is 5.75 Å². The number of hydroxylamine groups is 2. The van der Waals surface area contributed by atoms with E-state index in [1.165, 1.54) is 5.06 Å². The van der Waals surface area contributed by atoms with Crippen LogP contribution in [0.3, 0.4) is 0 Å². The Morgan fingerprint density at radius 1 is 1.13 bits per heavy atom. The summed E-state index contributed by atoms with van der Waals surface area (Å²) in [4.78, 5) is 9.76. The molecule has 0 aromatic heterocycles. The predicted octanol–water partition coefficient (Wildman–Crippen LogP) is 1.96. The summed E-state index contributed by atoms with van der Waals surface area (Å²) in [6.45, 7) is 4.54. The second-order valence-electron chi connectivity index (χ2n) is 2.82. The Hall–Kier alpha value is -1.10. The molecule has 1 aromatic rings. The average molecular weight is 212 g/mol. The first-order valence-corrected chi connectivity index (χ1v) is 5.03. The van der Waals surface area contributed by atoms with Gasteiger partial charge in [-0.2, -0.15) is 5.06 Å². The van der Waals surface area contributed by atoms with Gasteiger partial charge in [0.25, 0.3) is 0 Å². The molecule has 0 atom stereocenters. The fraction of sp³-hybridized carbons (Fsp3) is 0.455. The summed E-state index contributed by atoms with van der Waals surface area (Å²) < 4.78 is 0. The maximum absolute atomic E-state index is 5.44. The summed E-state index contributed by atoms with van der Waals surface area (Å²) in [5.41, 5.74) is 6.51. The molecule has 0 saturated carbocycles. The van der Waals surface area contributed by atoms with Crippen LogP contribution in [0.25, 0.3) is 0 Å². The third kappa shape index (κ3) is 6.06. The van der Waals surface area contributed by atoms with Crippen molar-refractivity contribution in [1.82, 2.24) is 5.06 Å². The van der Waals surface area contributed by atoms with Gasteiger partial charge < -0.3 is 10.6 Å². The van der Waals surface area contributed by atoms with Crippen molar-refractivity contribution in [2.75, 3.05) is 14.1 Å². The molecular weight excluding hydrogens is 192 g/mol. The first kappa shape index (κ1) is 13.9. The van der Waals surface area contributed by atoms with Gasteiger partial charge in [-0.15, -0.1) is 0 Å². The van der Waals surface area contributed by atoms with Crippen LogP contribution in [0.5, 0.6) is 5.75 Å². The van der Waals surface area contributed by atoms with Crippen LogP contribution >= 0.6 is 0 Å². The first-order chi connectivity index (χ1) is 7.22. The van der Waals surface area contributed by atoms with Gasteiger partial charge in [-0.3, -0.25) is 0 Å². The lowest BCUT2D eigenvalue weighted by molar-refractivity contribution is -0.349. The Morgan fingerprint density at radius 3 is 2.07 bits per heavy atom. The molecule has 2 N–H and O–H groups in total. The molecule has 1 aromatic carbocycles. The van der Waals surface area contributed by atoms with E-state index in [2.05, 4.69) is 0 Å². The Morgan fingerprint density at radius 2 is 1.67 bits per heavy atom. The lowest BCUT2D eigenvalue weighted by Gasteiger charge is -2.09. The van der Waals surface area contributed by atoms with Crippen LogP contribution in [0.2, 0.25) is 0 Å². The SMILES string of the molecule is CC.CN(C)OOc1ccc(CN)cc1. The Bertz CT molecular complexity index is 247. The van der Waals surface area contributed by atoms with Crippen molar-refractivity contribution in [3.05, 3.63) is 29.8 Å². The van der Waals surface area contributed by atoms with Gasteiger partial charge in [0.1, 0.15) is 0 Å². The lowest BCUT2D eigenvalue weighted by atomic mass is 10.2. The van der Waals surface area contributed by atoms with Gasteiger partial charge in [-0.05, 0) is 17.7 Å². The van der Waals surface area contributed by atoms with Crippen LogP contribution in [0.15, 0.2) is 24.3 Å². The number of nitrogens with two attached hydrogens (primary N) is 1.